The number of nitrogens with zero attached hydrogens (tertiary/aromatic N) is 5. The van der Waals surface area contributed by atoms with E-state index in [0.29, 0.717) is 22.9 Å². The fourth-order valence-corrected chi connectivity index (χ4v) is 3.44. The number of carbonyl (C=O) groups excluding carboxylic acids is 1. The molecule has 0 saturated heterocycles. The molecular weight excluding hydrogens is 372 g/mol. The van der Waals surface area contributed by atoms with Gasteiger partial charge in [0.05, 0.1) is 12.1 Å². The highest BCUT2D eigenvalue weighted by Gasteiger charge is 2.19. The van der Waals surface area contributed by atoms with E-state index in [4.69, 9.17) is 0 Å². The molecule has 1 amide bonds. The van der Waals surface area contributed by atoms with Gasteiger partial charge in [-0.05, 0) is 24.1 Å². The van der Waals surface area contributed by atoms with Crippen molar-refractivity contribution in [3.63, 3.8) is 0 Å². The molecule has 0 radical (unpaired) electrons. The van der Waals surface area contributed by atoms with E-state index in [1.54, 1.807) is 23.3 Å². The van der Waals surface area contributed by atoms with Crippen LogP contribution in [0.15, 0.2) is 61.1 Å². The Morgan fingerprint density at radius 1 is 1.14 bits per heavy atom. The number of hydrogen-bond acceptors (Lipinski definition) is 6. The van der Waals surface area contributed by atoms with Crippen molar-refractivity contribution < 1.29 is 4.79 Å². The molecular formula is C20H18N6OS. The summed E-state index contributed by atoms with van der Waals surface area (Å²) < 4.78 is 1.77. The molecule has 3 heterocycles. The lowest BCUT2D eigenvalue weighted by molar-refractivity contribution is 0.102. The summed E-state index contributed by atoms with van der Waals surface area (Å²) in [7, 11) is 0. The first-order chi connectivity index (χ1) is 13.7. The molecule has 0 aliphatic carbocycles. The number of aromatic nitrogens is 5. The molecule has 0 unspecified atom stereocenters. The molecule has 1 N–H and O–H groups in total. The van der Waals surface area contributed by atoms with Crippen LogP contribution in [0.25, 0.3) is 11.3 Å². The molecule has 1 aromatic carbocycles. The molecule has 0 spiro atoms. The Balaban J connectivity index is 1.66. The van der Waals surface area contributed by atoms with Gasteiger partial charge in [0.15, 0.2) is 0 Å². The van der Waals surface area contributed by atoms with Crippen molar-refractivity contribution in [1.82, 2.24) is 25.0 Å². The zero-order valence-electron chi connectivity index (χ0n) is 15.2. The second kappa shape index (κ2) is 8.10. The lowest BCUT2D eigenvalue weighted by atomic mass is 10.1. The van der Waals surface area contributed by atoms with Gasteiger partial charge in [-0.15, -0.1) is 10.2 Å². The van der Waals surface area contributed by atoms with Crippen LogP contribution in [-0.2, 0) is 13.0 Å². The third-order valence-electron chi connectivity index (χ3n) is 4.12. The molecule has 0 fully saturated rings. The van der Waals surface area contributed by atoms with Crippen LogP contribution >= 0.6 is 11.3 Å². The van der Waals surface area contributed by atoms with Crippen molar-refractivity contribution >= 4 is 22.4 Å². The molecule has 0 bridgehead atoms. The number of aryl methyl sites for hydroxylation is 1. The molecule has 0 atom stereocenters. The summed E-state index contributed by atoms with van der Waals surface area (Å²) in [5, 5.41) is 16.9. The normalized spacial score (nSPS) is 10.8. The number of amides is 1. The average Bonchev–Trinajstić information content (AvgIpc) is 3.36. The van der Waals surface area contributed by atoms with E-state index < -0.39 is 0 Å². The smallest absolute Gasteiger partial charge is 0.261 e. The maximum Gasteiger partial charge on any atom is 0.261 e. The highest BCUT2D eigenvalue weighted by Crippen LogP contribution is 2.24. The molecule has 28 heavy (non-hydrogen) atoms. The maximum atomic E-state index is 12.9. The Bertz CT molecular complexity index is 1070. The average molecular weight is 390 g/mol. The minimum Gasteiger partial charge on any atom is -0.296 e. The molecule has 140 valence electrons. The quantitative estimate of drug-likeness (QED) is 0.543. The van der Waals surface area contributed by atoms with Crippen molar-refractivity contribution in [2.24, 2.45) is 0 Å². The summed E-state index contributed by atoms with van der Waals surface area (Å²) in [5.74, 6) is -0.267. The fourth-order valence-electron chi connectivity index (χ4n) is 2.77. The van der Waals surface area contributed by atoms with Gasteiger partial charge in [0.2, 0.25) is 5.13 Å². The molecule has 7 nitrogen and oxygen atoms in total. The van der Waals surface area contributed by atoms with E-state index in [1.807, 2.05) is 49.4 Å². The monoisotopic (exact) mass is 390 g/mol. The van der Waals surface area contributed by atoms with Gasteiger partial charge in [-0.3, -0.25) is 19.8 Å². The van der Waals surface area contributed by atoms with Crippen LogP contribution in [0.5, 0.6) is 0 Å². The maximum absolute atomic E-state index is 12.9. The van der Waals surface area contributed by atoms with Crippen molar-refractivity contribution in [2.45, 2.75) is 19.9 Å². The number of nitrogens with one attached hydrogen (secondary N) is 1. The zero-order chi connectivity index (χ0) is 19.3. The summed E-state index contributed by atoms with van der Waals surface area (Å²) in [6.07, 6.45) is 5.93. The van der Waals surface area contributed by atoms with Gasteiger partial charge in [0, 0.05) is 24.2 Å². The fraction of sp³-hybridized carbons (Fsp3) is 0.150. The first kappa shape index (κ1) is 18.0. The largest absolute Gasteiger partial charge is 0.296 e. The van der Waals surface area contributed by atoms with E-state index >= 15 is 0 Å². The van der Waals surface area contributed by atoms with Crippen molar-refractivity contribution in [3.8, 4) is 11.3 Å². The van der Waals surface area contributed by atoms with Crippen molar-refractivity contribution in [2.75, 3.05) is 5.32 Å². The van der Waals surface area contributed by atoms with Gasteiger partial charge in [-0.2, -0.15) is 5.10 Å². The molecule has 4 aromatic rings. The highest BCUT2D eigenvalue weighted by molar-refractivity contribution is 7.15. The van der Waals surface area contributed by atoms with E-state index in [1.165, 1.54) is 11.3 Å². The van der Waals surface area contributed by atoms with Crippen LogP contribution in [0.3, 0.4) is 0 Å². The number of pyridine rings is 1. The van der Waals surface area contributed by atoms with Gasteiger partial charge < -0.3 is 0 Å². The number of anilines is 1. The second-order valence-electron chi connectivity index (χ2n) is 6.12. The van der Waals surface area contributed by atoms with Crippen LogP contribution in [0, 0.1) is 0 Å². The summed E-state index contributed by atoms with van der Waals surface area (Å²) in [5.41, 5.74) is 2.94. The van der Waals surface area contributed by atoms with Gasteiger partial charge in [0.1, 0.15) is 10.7 Å². The van der Waals surface area contributed by atoms with Crippen LogP contribution < -0.4 is 5.32 Å². The van der Waals surface area contributed by atoms with Crippen LogP contribution in [0.4, 0.5) is 5.13 Å². The van der Waals surface area contributed by atoms with Gasteiger partial charge >= 0.3 is 0 Å². The lowest BCUT2D eigenvalue weighted by Crippen LogP contribution is -2.12. The predicted molar refractivity (Wildman–Crippen MR) is 108 cm³/mol. The summed E-state index contributed by atoms with van der Waals surface area (Å²) >= 11 is 1.37. The van der Waals surface area contributed by atoms with E-state index in [9.17, 15) is 4.79 Å². The highest BCUT2D eigenvalue weighted by atomic mass is 32.1. The Hall–Kier alpha value is -3.39. The summed E-state index contributed by atoms with van der Waals surface area (Å²) in [6.45, 7) is 2.57. The minimum absolute atomic E-state index is 0.267. The number of benzene rings is 1. The van der Waals surface area contributed by atoms with Gasteiger partial charge in [-0.25, -0.2) is 0 Å². The summed E-state index contributed by atoms with van der Waals surface area (Å²) in [4.78, 5) is 17.1. The molecule has 8 heteroatoms. The number of carbonyl (C=O) groups is 1. The predicted octanol–water partition coefficient (Wildman–Crippen LogP) is 3.66. The van der Waals surface area contributed by atoms with Crippen LogP contribution in [0.1, 0.15) is 27.9 Å². The zero-order valence-corrected chi connectivity index (χ0v) is 16.1. The Morgan fingerprint density at radius 2 is 2.00 bits per heavy atom. The number of rotatable bonds is 6. The third kappa shape index (κ3) is 3.96. The molecule has 4 rings (SSSR count). The lowest BCUT2D eigenvalue weighted by Gasteiger charge is -2.01. The SMILES string of the molecule is CCc1nnc(NC(=O)c2cn(Cc3ccccc3)nc2-c2cccnc2)s1. The first-order valence-corrected chi connectivity index (χ1v) is 9.70. The summed E-state index contributed by atoms with van der Waals surface area (Å²) in [6, 6.07) is 13.7. The van der Waals surface area contributed by atoms with E-state index in [-0.39, 0.29) is 5.91 Å². The topological polar surface area (TPSA) is 85.6 Å². The Labute approximate surface area is 166 Å². The standard InChI is InChI=1S/C20H18N6OS/c1-2-17-23-24-20(28-17)22-19(27)16-13-26(12-14-7-4-3-5-8-14)25-18(16)15-9-6-10-21-11-15/h3-11,13H,2,12H2,1H3,(H,22,24,27). The first-order valence-electron chi connectivity index (χ1n) is 8.88. The van der Waals surface area contributed by atoms with Crippen molar-refractivity contribution in [1.29, 1.82) is 0 Å². The minimum atomic E-state index is -0.267. The number of hydrogen-bond donors (Lipinski definition) is 1. The van der Waals surface area contributed by atoms with E-state index in [0.717, 1.165) is 22.6 Å². The van der Waals surface area contributed by atoms with Crippen LogP contribution in [0.2, 0.25) is 0 Å². The Kier molecular flexibility index (Phi) is 5.20. The second-order valence-corrected chi connectivity index (χ2v) is 7.19. The van der Waals surface area contributed by atoms with E-state index in [2.05, 4.69) is 25.6 Å². The third-order valence-corrected chi connectivity index (χ3v) is 5.10. The molecule has 0 aliphatic heterocycles. The van der Waals surface area contributed by atoms with Crippen molar-refractivity contribution in [3.05, 3.63) is 77.2 Å². The van der Waals surface area contributed by atoms with Crippen LogP contribution in [-0.4, -0.2) is 30.9 Å². The Morgan fingerprint density at radius 3 is 2.71 bits per heavy atom. The van der Waals surface area contributed by atoms with Gasteiger partial charge in [0.25, 0.3) is 5.91 Å². The van der Waals surface area contributed by atoms with Gasteiger partial charge in [-0.1, -0.05) is 48.6 Å². The molecule has 3 aromatic heterocycles. The molecule has 0 aliphatic rings. The molecule has 0 saturated carbocycles.